The number of aliphatic hydroxyl groups is 1. The molecular weight excluding hydrogens is 252 g/mol. The first-order chi connectivity index (χ1) is 9.54. The van der Waals surface area contributed by atoms with Crippen molar-refractivity contribution in [3.63, 3.8) is 0 Å². The summed E-state index contributed by atoms with van der Waals surface area (Å²) in [6.45, 7) is 8.42. The molecule has 1 aliphatic carbocycles. The van der Waals surface area contributed by atoms with Crippen LogP contribution in [0.5, 0.6) is 0 Å². The van der Waals surface area contributed by atoms with Gasteiger partial charge in [-0.2, -0.15) is 5.10 Å². The third kappa shape index (κ3) is 3.79. The summed E-state index contributed by atoms with van der Waals surface area (Å²) in [5.41, 5.74) is -0.124. The third-order valence-electron chi connectivity index (χ3n) is 4.39. The van der Waals surface area contributed by atoms with Gasteiger partial charge in [0.2, 0.25) is 0 Å². The number of hydrogen-bond acceptors (Lipinski definition) is 4. The molecule has 20 heavy (non-hydrogen) atoms. The number of nitrogens with zero attached hydrogens (tertiary/aromatic N) is 3. The van der Waals surface area contributed by atoms with E-state index in [2.05, 4.69) is 36.2 Å². The van der Waals surface area contributed by atoms with E-state index in [4.69, 9.17) is 0 Å². The molecule has 0 radical (unpaired) electrons. The summed E-state index contributed by atoms with van der Waals surface area (Å²) in [4.78, 5) is 4.34. The molecule has 114 valence electrons. The fraction of sp³-hybridized carbons (Fsp3) is 0.867. The number of hydrogen-bond donors (Lipinski definition) is 2. The lowest BCUT2D eigenvalue weighted by molar-refractivity contribution is 0.103. The van der Waals surface area contributed by atoms with Crippen molar-refractivity contribution in [3.8, 4) is 0 Å². The van der Waals surface area contributed by atoms with E-state index in [1.165, 1.54) is 12.8 Å². The highest BCUT2D eigenvalue weighted by Gasteiger charge is 2.33. The van der Waals surface area contributed by atoms with Gasteiger partial charge in [0.15, 0.2) is 0 Å². The van der Waals surface area contributed by atoms with E-state index in [0.29, 0.717) is 12.5 Å². The molecule has 0 saturated heterocycles. The molecule has 2 N–H and O–H groups in total. The molecule has 0 unspecified atom stereocenters. The first-order valence-corrected chi connectivity index (χ1v) is 7.77. The number of aliphatic hydroxyl groups excluding tert-OH is 1. The van der Waals surface area contributed by atoms with Crippen LogP contribution in [0, 0.1) is 11.8 Å². The minimum absolute atomic E-state index is 0.124. The Morgan fingerprint density at radius 1 is 1.45 bits per heavy atom. The highest BCUT2D eigenvalue weighted by molar-refractivity contribution is 4.95. The summed E-state index contributed by atoms with van der Waals surface area (Å²) in [7, 11) is 0. The average molecular weight is 280 g/mol. The van der Waals surface area contributed by atoms with Crippen LogP contribution < -0.4 is 5.32 Å². The minimum Gasteiger partial charge on any atom is -0.394 e. The van der Waals surface area contributed by atoms with Gasteiger partial charge < -0.3 is 10.4 Å². The average Bonchev–Trinajstić information content (AvgIpc) is 2.85. The molecular formula is C15H28N4O. The molecule has 0 aromatic carbocycles. The molecule has 5 heteroatoms. The van der Waals surface area contributed by atoms with Gasteiger partial charge in [-0.1, -0.05) is 20.8 Å². The van der Waals surface area contributed by atoms with Crippen molar-refractivity contribution in [1.82, 2.24) is 20.1 Å². The molecule has 1 heterocycles. The summed E-state index contributed by atoms with van der Waals surface area (Å²) in [6.07, 6.45) is 6.08. The van der Waals surface area contributed by atoms with Crippen LogP contribution in [0.1, 0.15) is 52.3 Å². The lowest BCUT2D eigenvalue weighted by atomic mass is 9.77. The van der Waals surface area contributed by atoms with Crippen molar-refractivity contribution >= 4 is 0 Å². The zero-order chi connectivity index (χ0) is 14.6. The topological polar surface area (TPSA) is 63.0 Å². The fourth-order valence-corrected chi connectivity index (χ4v) is 2.90. The first-order valence-electron chi connectivity index (χ1n) is 7.77. The molecule has 2 rings (SSSR count). The van der Waals surface area contributed by atoms with Gasteiger partial charge >= 0.3 is 0 Å². The number of rotatable bonds is 6. The Kier molecular flexibility index (Phi) is 5.16. The molecule has 1 fully saturated rings. The van der Waals surface area contributed by atoms with E-state index in [-0.39, 0.29) is 12.1 Å². The molecule has 0 bridgehead atoms. The van der Waals surface area contributed by atoms with Gasteiger partial charge in [-0.25, -0.2) is 9.67 Å². The largest absolute Gasteiger partial charge is 0.394 e. The first kappa shape index (κ1) is 15.4. The summed E-state index contributed by atoms with van der Waals surface area (Å²) in [6, 6.07) is 0. The van der Waals surface area contributed by atoms with Gasteiger partial charge in [-0.3, -0.25) is 0 Å². The van der Waals surface area contributed by atoms with E-state index < -0.39 is 0 Å². The molecule has 1 aliphatic rings. The number of nitrogens with one attached hydrogen (secondary N) is 1. The second-order valence-electron chi connectivity index (χ2n) is 6.73. The van der Waals surface area contributed by atoms with Crippen molar-refractivity contribution in [2.45, 2.75) is 65.1 Å². The molecule has 1 saturated carbocycles. The highest BCUT2D eigenvalue weighted by Crippen LogP contribution is 2.31. The minimum atomic E-state index is -0.124. The second kappa shape index (κ2) is 6.68. The predicted molar refractivity (Wildman–Crippen MR) is 79.1 cm³/mol. The Bertz CT molecular complexity index is 408. The zero-order valence-electron chi connectivity index (χ0n) is 13.0. The highest BCUT2D eigenvalue weighted by atomic mass is 16.3. The van der Waals surface area contributed by atoms with E-state index in [1.54, 1.807) is 6.33 Å². The normalized spacial score (nSPS) is 27.1. The van der Waals surface area contributed by atoms with Crippen LogP contribution in [-0.4, -0.2) is 32.0 Å². The standard InChI is InChI=1S/C15H28N4O/c1-12(2)9-19-14(16-11-18-19)8-17-15(10-20)6-4-13(3)5-7-15/h11-13,17,20H,4-10H2,1-3H3. The van der Waals surface area contributed by atoms with E-state index in [9.17, 15) is 5.11 Å². The van der Waals surface area contributed by atoms with Crippen molar-refractivity contribution in [2.24, 2.45) is 11.8 Å². The van der Waals surface area contributed by atoms with Gasteiger partial charge in [0, 0.05) is 12.1 Å². The van der Waals surface area contributed by atoms with Crippen molar-refractivity contribution in [1.29, 1.82) is 0 Å². The predicted octanol–water partition coefficient (Wildman–Crippen LogP) is 1.96. The SMILES string of the molecule is CC(C)Cn1ncnc1CNC1(CO)CCC(C)CC1. The lowest BCUT2D eigenvalue weighted by Crippen LogP contribution is -2.50. The smallest absolute Gasteiger partial charge is 0.140 e. The summed E-state index contributed by atoms with van der Waals surface area (Å²) >= 11 is 0. The van der Waals surface area contributed by atoms with Crippen molar-refractivity contribution in [2.75, 3.05) is 6.61 Å². The molecule has 0 aliphatic heterocycles. The molecule has 1 aromatic heterocycles. The maximum absolute atomic E-state index is 9.77. The van der Waals surface area contributed by atoms with Crippen molar-refractivity contribution in [3.05, 3.63) is 12.2 Å². The second-order valence-corrected chi connectivity index (χ2v) is 6.73. The third-order valence-corrected chi connectivity index (χ3v) is 4.39. The Morgan fingerprint density at radius 3 is 2.75 bits per heavy atom. The Labute approximate surface area is 121 Å². The van der Waals surface area contributed by atoms with Crippen LogP contribution in [0.25, 0.3) is 0 Å². The molecule has 0 atom stereocenters. The molecule has 5 nitrogen and oxygen atoms in total. The van der Waals surface area contributed by atoms with Crippen LogP contribution in [0.4, 0.5) is 0 Å². The Balaban J connectivity index is 1.95. The van der Waals surface area contributed by atoms with Crippen LogP contribution in [0.3, 0.4) is 0 Å². The molecule has 0 spiro atoms. The van der Waals surface area contributed by atoms with E-state index >= 15 is 0 Å². The summed E-state index contributed by atoms with van der Waals surface area (Å²) in [5.74, 6) is 2.30. The zero-order valence-corrected chi connectivity index (χ0v) is 13.0. The van der Waals surface area contributed by atoms with Crippen LogP contribution in [0.15, 0.2) is 6.33 Å². The van der Waals surface area contributed by atoms with E-state index in [1.807, 2.05) is 4.68 Å². The van der Waals surface area contributed by atoms with Gasteiger partial charge in [-0.05, 0) is 37.5 Å². The van der Waals surface area contributed by atoms with Crippen molar-refractivity contribution < 1.29 is 5.11 Å². The quantitative estimate of drug-likeness (QED) is 0.836. The molecule has 0 amide bonds. The van der Waals surface area contributed by atoms with Gasteiger partial charge in [-0.15, -0.1) is 0 Å². The van der Waals surface area contributed by atoms with Crippen LogP contribution in [0.2, 0.25) is 0 Å². The monoisotopic (exact) mass is 280 g/mol. The molecule has 1 aromatic rings. The van der Waals surface area contributed by atoms with Gasteiger partial charge in [0.25, 0.3) is 0 Å². The van der Waals surface area contributed by atoms with Crippen LogP contribution >= 0.6 is 0 Å². The van der Waals surface area contributed by atoms with Gasteiger partial charge in [0.05, 0.1) is 13.2 Å². The fourth-order valence-electron chi connectivity index (χ4n) is 2.90. The number of aromatic nitrogens is 3. The van der Waals surface area contributed by atoms with Gasteiger partial charge in [0.1, 0.15) is 12.2 Å². The lowest BCUT2D eigenvalue weighted by Gasteiger charge is -2.38. The van der Waals surface area contributed by atoms with Crippen LogP contribution in [-0.2, 0) is 13.1 Å². The summed E-state index contributed by atoms with van der Waals surface area (Å²) in [5, 5.41) is 17.6. The Hall–Kier alpha value is -0.940. The maximum Gasteiger partial charge on any atom is 0.140 e. The van der Waals surface area contributed by atoms with E-state index in [0.717, 1.165) is 31.1 Å². The Morgan fingerprint density at radius 2 is 2.15 bits per heavy atom. The summed E-state index contributed by atoms with van der Waals surface area (Å²) < 4.78 is 1.97. The maximum atomic E-state index is 9.77.